The summed E-state index contributed by atoms with van der Waals surface area (Å²) in [4.78, 5) is 28.2. The van der Waals surface area contributed by atoms with E-state index in [2.05, 4.69) is 15.2 Å². The highest BCUT2D eigenvalue weighted by molar-refractivity contribution is 5.80. The van der Waals surface area contributed by atoms with E-state index in [0.717, 1.165) is 22.2 Å². The van der Waals surface area contributed by atoms with Crippen LogP contribution in [-0.2, 0) is 9.53 Å². The number of fused-ring (bicyclic) bond motifs is 1. The first kappa shape index (κ1) is 15.0. The zero-order valence-electron chi connectivity index (χ0n) is 12.9. The molecule has 6 nitrogen and oxygen atoms in total. The van der Waals surface area contributed by atoms with Gasteiger partial charge in [-0.05, 0) is 30.7 Å². The molecule has 3 rings (SSSR count). The number of nitrogens with zero attached hydrogens (tertiary/aromatic N) is 1. The first-order chi connectivity index (χ1) is 11.1. The van der Waals surface area contributed by atoms with Crippen molar-refractivity contribution in [2.45, 2.75) is 19.3 Å². The van der Waals surface area contributed by atoms with Gasteiger partial charge in [0.15, 0.2) is 0 Å². The number of ether oxygens (including phenoxy) is 1. The lowest BCUT2D eigenvalue weighted by atomic mass is 9.88. The van der Waals surface area contributed by atoms with Crippen molar-refractivity contribution in [1.29, 1.82) is 0 Å². The highest BCUT2D eigenvalue weighted by atomic mass is 16.5. The summed E-state index contributed by atoms with van der Waals surface area (Å²) < 4.78 is 4.79. The van der Waals surface area contributed by atoms with Crippen molar-refractivity contribution >= 4 is 16.9 Å². The maximum absolute atomic E-state index is 12.1. The Kier molecular flexibility index (Phi) is 3.97. The second-order valence-electron chi connectivity index (χ2n) is 5.41. The van der Waals surface area contributed by atoms with Crippen LogP contribution in [-0.4, -0.2) is 28.3 Å². The van der Waals surface area contributed by atoms with Crippen molar-refractivity contribution in [1.82, 2.24) is 15.2 Å². The lowest BCUT2D eigenvalue weighted by Gasteiger charge is -2.16. The molecule has 0 fully saturated rings. The third-order valence-electron chi connectivity index (χ3n) is 3.99. The fourth-order valence-corrected chi connectivity index (χ4v) is 2.82. The second-order valence-corrected chi connectivity index (χ2v) is 5.41. The Labute approximate surface area is 132 Å². The third-order valence-corrected chi connectivity index (χ3v) is 3.99. The van der Waals surface area contributed by atoms with Crippen LogP contribution in [0.3, 0.4) is 0 Å². The molecule has 6 heteroatoms. The number of hydrogen-bond acceptors (Lipinski definition) is 4. The standard InChI is InChI=1S/C17H17N3O3/c1-10-16(17(22)20-19-10)13(9-15(21)23-2)11-5-6-14-12(8-11)4-3-7-18-14/h3-8,13H,9H2,1-2H3,(H2,19,20,22)/t13-/m0/s1. The molecule has 118 valence electrons. The number of hydrogen-bond donors (Lipinski definition) is 2. The molecule has 0 bridgehead atoms. The average Bonchev–Trinajstić information content (AvgIpc) is 2.90. The van der Waals surface area contributed by atoms with E-state index in [-0.39, 0.29) is 23.9 Å². The van der Waals surface area contributed by atoms with Crippen molar-refractivity contribution in [2.24, 2.45) is 0 Å². The minimum Gasteiger partial charge on any atom is -0.469 e. The van der Waals surface area contributed by atoms with Gasteiger partial charge in [0.2, 0.25) is 0 Å². The molecule has 0 saturated carbocycles. The van der Waals surface area contributed by atoms with Crippen LogP contribution in [0.2, 0.25) is 0 Å². The Bertz CT molecular complexity index is 911. The molecule has 0 saturated heterocycles. The minimum atomic E-state index is -0.373. The third kappa shape index (κ3) is 2.88. The maximum Gasteiger partial charge on any atom is 0.306 e. The number of pyridine rings is 1. The minimum absolute atomic E-state index is 0.101. The number of rotatable bonds is 4. The summed E-state index contributed by atoms with van der Waals surface area (Å²) in [6, 6.07) is 9.56. The number of carbonyl (C=O) groups is 1. The molecule has 0 radical (unpaired) electrons. The Morgan fingerprint density at radius 1 is 1.30 bits per heavy atom. The second kappa shape index (κ2) is 6.08. The summed E-state index contributed by atoms with van der Waals surface area (Å²) in [5, 5.41) is 6.35. The molecule has 0 amide bonds. The number of nitrogens with one attached hydrogen (secondary N) is 2. The number of carbonyl (C=O) groups excluding carboxylic acids is 1. The van der Waals surface area contributed by atoms with Gasteiger partial charge in [0, 0.05) is 28.8 Å². The van der Waals surface area contributed by atoms with E-state index >= 15 is 0 Å². The van der Waals surface area contributed by atoms with Crippen LogP contribution < -0.4 is 5.56 Å². The number of aromatic nitrogens is 3. The quantitative estimate of drug-likeness (QED) is 0.723. The lowest BCUT2D eigenvalue weighted by molar-refractivity contribution is -0.140. The summed E-state index contributed by atoms with van der Waals surface area (Å²) >= 11 is 0. The van der Waals surface area contributed by atoms with Gasteiger partial charge in [0.05, 0.1) is 19.0 Å². The van der Waals surface area contributed by atoms with Gasteiger partial charge in [-0.2, -0.15) is 0 Å². The van der Waals surface area contributed by atoms with Crippen LogP contribution in [0.1, 0.15) is 29.2 Å². The van der Waals surface area contributed by atoms with Crippen molar-refractivity contribution < 1.29 is 9.53 Å². The zero-order valence-corrected chi connectivity index (χ0v) is 12.9. The number of aromatic amines is 2. The van der Waals surface area contributed by atoms with Crippen molar-refractivity contribution in [3.8, 4) is 0 Å². The Balaban J connectivity index is 2.13. The molecular weight excluding hydrogens is 294 g/mol. The number of esters is 1. The highest BCUT2D eigenvalue weighted by Gasteiger charge is 2.24. The number of aryl methyl sites for hydroxylation is 1. The summed E-state index contributed by atoms with van der Waals surface area (Å²) in [6.07, 6.45) is 1.83. The number of H-pyrrole nitrogens is 2. The van der Waals surface area contributed by atoms with Gasteiger partial charge in [0.1, 0.15) is 0 Å². The van der Waals surface area contributed by atoms with E-state index in [1.165, 1.54) is 7.11 Å². The van der Waals surface area contributed by atoms with Crippen molar-refractivity contribution in [2.75, 3.05) is 7.11 Å². The number of methoxy groups -OCH3 is 1. The average molecular weight is 311 g/mol. The lowest BCUT2D eigenvalue weighted by Crippen LogP contribution is -2.17. The van der Waals surface area contributed by atoms with Crippen LogP contribution in [0, 0.1) is 6.92 Å². The van der Waals surface area contributed by atoms with Crippen LogP contribution in [0.4, 0.5) is 0 Å². The van der Waals surface area contributed by atoms with Gasteiger partial charge < -0.3 is 9.84 Å². The Morgan fingerprint density at radius 3 is 2.83 bits per heavy atom. The van der Waals surface area contributed by atoms with Gasteiger partial charge in [0.25, 0.3) is 5.56 Å². The monoisotopic (exact) mass is 311 g/mol. The predicted octanol–water partition coefficient (Wildman–Crippen LogP) is 2.25. The molecule has 2 aromatic heterocycles. The van der Waals surface area contributed by atoms with Crippen LogP contribution in [0.5, 0.6) is 0 Å². The first-order valence-electron chi connectivity index (χ1n) is 7.28. The normalized spacial score (nSPS) is 12.3. The summed E-state index contributed by atoms with van der Waals surface area (Å²) in [6.45, 7) is 1.81. The van der Waals surface area contributed by atoms with Crippen molar-refractivity contribution in [3.05, 3.63) is 63.7 Å². The van der Waals surface area contributed by atoms with Gasteiger partial charge in [-0.3, -0.25) is 19.7 Å². The van der Waals surface area contributed by atoms with Crippen LogP contribution in [0.15, 0.2) is 41.3 Å². The molecule has 1 atom stereocenters. The predicted molar refractivity (Wildman–Crippen MR) is 86.4 cm³/mol. The van der Waals surface area contributed by atoms with E-state index < -0.39 is 0 Å². The van der Waals surface area contributed by atoms with Gasteiger partial charge in [-0.1, -0.05) is 12.1 Å². The van der Waals surface area contributed by atoms with Gasteiger partial charge in [-0.15, -0.1) is 0 Å². The van der Waals surface area contributed by atoms with E-state index in [1.54, 1.807) is 13.1 Å². The maximum atomic E-state index is 12.1. The summed E-state index contributed by atoms with van der Waals surface area (Å²) in [7, 11) is 1.35. The molecule has 23 heavy (non-hydrogen) atoms. The molecule has 0 unspecified atom stereocenters. The Hall–Kier alpha value is -2.89. The van der Waals surface area contributed by atoms with Gasteiger partial charge in [-0.25, -0.2) is 0 Å². The highest BCUT2D eigenvalue weighted by Crippen LogP contribution is 2.29. The van der Waals surface area contributed by atoms with E-state index in [1.807, 2.05) is 30.3 Å². The summed E-state index contributed by atoms with van der Waals surface area (Å²) in [5.41, 5.74) is 2.80. The molecule has 0 aliphatic heterocycles. The molecular formula is C17H17N3O3. The van der Waals surface area contributed by atoms with Crippen molar-refractivity contribution in [3.63, 3.8) is 0 Å². The molecule has 3 aromatic rings. The number of benzene rings is 1. The topological polar surface area (TPSA) is 87.8 Å². The largest absolute Gasteiger partial charge is 0.469 e. The smallest absolute Gasteiger partial charge is 0.306 e. The fraction of sp³-hybridized carbons (Fsp3) is 0.235. The van der Waals surface area contributed by atoms with E-state index in [4.69, 9.17) is 4.74 Å². The molecule has 0 spiro atoms. The Morgan fingerprint density at radius 2 is 2.13 bits per heavy atom. The van der Waals surface area contributed by atoms with Crippen LogP contribution >= 0.6 is 0 Å². The fourth-order valence-electron chi connectivity index (χ4n) is 2.82. The van der Waals surface area contributed by atoms with Crippen LogP contribution in [0.25, 0.3) is 10.9 Å². The molecule has 0 aliphatic carbocycles. The zero-order chi connectivity index (χ0) is 16.4. The molecule has 1 aromatic carbocycles. The molecule has 0 aliphatic rings. The SMILES string of the molecule is COC(=O)C[C@@H](c1ccc2ncccc2c1)c1c(C)[nH][nH]c1=O. The molecule has 2 N–H and O–H groups in total. The van der Waals surface area contributed by atoms with E-state index in [9.17, 15) is 9.59 Å². The summed E-state index contributed by atoms with van der Waals surface area (Å²) in [5.74, 6) is -0.733. The van der Waals surface area contributed by atoms with Gasteiger partial charge >= 0.3 is 5.97 Å². The van der Waals surface area contributed by atoms with E-state index in [0.29, 0.717) is 5.56 Å². The first-order valence-corrected chi connectivity index (χ1v) is 7.28. The molecule has 2 heterocycles.